The van der Waals surface area contributed by atoms with Gasteiger partial charge in [-0.15, -0.1) is 26.3 Å². The van der Waals surface area contributed by atoms with Crippen LogP contribution in [0.1, 0.15) is 71.4 Å². The Morgan fingerprint density at radius 1 is 0.714 bits per heavy atom. The molecule has 0 aliphatic heterocycles. The highest BCUT2D eigenvalue weighted by Crippen LogP contribution is 2.34. The molecule has 35 heavy (non-hydrogen) atoms. The molecule has 1 aliphatic rings. The summed E-state index contributed by atoms with van der Waals surface area (Å²) < 4.78 is 0. The summed E-state index contributed by atoms with van der Waals surface area (Å²) in [4.78, 5) is 0. The molecule has 3 aromatic rings. The minimum Gasteiger partial charge on any atom is -0.106 e. The Balaban J connectivity index is 0.000000318. The van der Waals surface area contributed by atoms with Crippen molar-refractivity contribution in [1.29, 1.82) is 0 Å². The number of hydrogen-bond donors (Lipinski definition) is 0. The van der Waals surface area contributed by atoms with Crippen LogP contribution in [0.2, 0.25) is 0 Å². The molecule has 0 unspecified atom stereocenters. The van der Waals surface area contributed by atoms with Gasteiger partial charge >= 0.3 is 0 Å². The van der Waals surface area contributed by atoms with Gasteiger partial charge in [0.1, 0.15) is 0 Å². The molecule has 0 saturated heterocycles. The lowest BCUT2D eigenvalue weighted by Crippen LogP contribution is -1.93. The van der Waals surface area contributed by atoms with Crippen LogP contribution >= 0.6 is 0 Å². The molecule has 1 aliphatic carbocycles. The Morgan fingerprint density at radius 2 is 1.31 bits per heavy atom. The molecule has 1 fully saturated rings. The van der Waals surface area contributed by atoms with Crippen molar-refractivity contribution in [3.05, 3.63) is 145 Å². The van der Waals surface area contributed by atoms with Gasteiger partial charge in [0.05, 0.1) is 0 Å². The first-order valence-corrected chi connectivity index (χ1v) is 12.8. The molecule has 3 aromatic carbocycles. The summed E-state index contributed by atoms with van der Waals surface area (Å²) in [6, 6.07) is 26.3. The summed E-state index contributed by atoms with van der Waals surface area (Å²) in [5.74, 6) is 0.860. The van der Waals surface area contributed by atoms with Gasteiger partial charge in [0.15, 0.2) is 0 Å². The number of hydrogen-bond acceptors (Lipinski definition) is 0. The second-order valence-electron chi connectivity index (χ2n) is 9.22. The second-order valence-corrected chi connectivity index (χ2v) is 9.22. The molecule has 0 spiro atoms. The maximum absolute atomic E-state index is 4.19. The Hall–Kier alpha value is -3.12. The van der Waals surface area contributed by atoms with E-state index in [1.54, 1.807) is 5.56 Å². The number of allylic oxidation sites excluding steroid dienone is 1. The van der Waals surface area contributed by atoms with Crippen LogP contribution in [0.25, 0.3) is 0 Å². The molecule has 0 aromatic heterocycles. The van der Waals surface area contributed by atoms with Gasteiger partial charge in [-0.25, -0.2) is 0 Å². The van der Waals surface area contributed by atoms with Crippen molar-refractivity contribution in [2.24, 2.45) is 0 Å². The van der Waals surface area contributed by atoms with Gasteiger partial charge in [0, 0.05) is 0 Å². The van der Waals surface area contributed by atoms with Gasteiger partial charge in [-0.1, -0.05) is 103 Å². The van der Waals surface area contributed by atoms with Gasteiger partial charge in [0.2, 0.25) is 0 Å². The van der Waals surface area contributed by atoms with E-state index in [1.165, 1.54) is 59.1 Å². The largest absolute Gasteiger partial charge is 0.106 e. The maximum Gasteiger partial charge on any atom is -0.00697 e. The quantitative estimate of drug-likeness (QED) is 0.317. The zero-order chi connectivity index (χ0) is 26.1. The lowest BCUT2D eigenvalue weighted by molar-refractivity contribution is 0.722. The topological polar surface area (TPSA) is 0 Å². The summed E-state index contributed by atoms with van der Waals surface area (Å²) in [7, 11) is 0. The number of benzene rings is 3. The van der Waals surface area contributed by atoms with Crippen molar-refractivity contribution >= 4 is 0 Å². The summed E-state index contributed by atoms with van der Waals surface area (Å²) in [5, 5.41) is 0. The summed E-state index contributed by atoms with van der Waals surface area (Å²) >= 11 is 0. The molecule has 0 radical (unpaired) electrons. The monoisotopic (exact) mass is 466 g/mol. The van der Waals surface area contributed by atoms with E-state index >= 15 is 0 Å². The highest BCUT2D eigenvalue weighted by Gasteiger charge is 2.16. The predicted molar refractivity (Wildman–Crippen MR) is 158 cm³/mol. The van der Waals surface area contributed by atoms with E-state index in [4.69, 9.17) is 0 Å². The average Bonchev–Trinajstić information content (AvgIpc) is 3.44. The van der Waals surface area contributed by atoms with Crippen molar-refractivity contribution in [2.75, 3.05) is 0 Å². The third kappa shape index (κ3) is 11.2. The van der Waals surface area contributed by atoms with Gasteiger partial charge in [-0.05, 0) is 86.6 Å². The number of rotatable bonds is 6. The molecule has 0 bridgehead atoms. The molecule has 0 amide bonds. The molecular weight excluding hydrogens is 420 g/mol. The lowest BCUT2D eigenvalue weighted by Gasteiger charge is -2.11. The van der Waals surface area contributed by atoms with Gasteiger partial charge in [-0.3, -0.25) is 0 Å². The highest BCUT2D eigenvalue weighted by atomic mass is 14.2. The fourth-order valence-electron chi connectivity index (χ4n) is 4.33. The van der Waals surface area contributed by atoms with E-state index in [0.717, 1.165) is 25.2 Å². The van der Waals surface area contributed by atoms with Crippen molar-refractivity contribution in [3.63, 3.8) is 0 Å². The van der Waals surface area contributed by atoms with Crippen LogP contribution in [0.5, 0.6) is 0 Å². The van der Waals surface area contributed by atoms with Gasteiger partial charge in [0.25, 0.3) is 0 Å². The van der Waals surface area contributed by atoms with Gasteiger partial charge in [-0.2, -0.15) is 0 Å². The molecule has 0 heterocycles. The van der Waals surface area contributed by atoms with Crippen LogP contribution < -0.4 is 0 Å². The number of aryl methyl sites for hydroxylation is 4. The van der Waals surface area contributed by atoms with Crippen LogP contribution in [-0.4, -0.2) is 0 Å². The molecule has 0 N–H and O–H groups in total. The van der Waals surface area contributed by atoms with Gasteiger partial charge < -0.3 is 0 Å². The van der Waals surface area contributed by atoms with Crippen LogP contribution in [-0.2, 0) is 12.8 Å². The molecule has 0 heteroatoms. The second kappa shape index (κ2) is 17.3. The van der Waals surface area contributed by atoms with E-state index < -0.39 is 0 Å². The minimum atomic E-state index is 0.860. The van der Waals surface area contributed by atoms with Crippen LogP contribution in [0.15, 0.2) is 111 Å². The summed E-state index contributed by atoms with van der Waals surface area (Å²) in [5.41, 5.74) is 9.81. The average molecular weight is 467 g/mol. The first-order chi connectivity index (χ1) is 17.0. The molecule has 1 saturated carbocycles. The van der Waals surface area contributed by atoms with Crippen molar-refractivity contribution in [1.82, 2.24) is 0 Å². The zero-order valence-electron chi connectivity index (χ0n) is 22.5. The first-order valence-electron chi connectivity index (χ1n) is 12.8. The minimum absolute atomic E-state index is 0.860. The maximum atomic E-state index is 4.19. The predicted octanol–water partition coefficient (Wildman–Crippen LogP) is 10.3. The van der Waals surface area contributed by atoms with E-state index in [1.807, 2.05) is 0 Å². The molecule has 0 nitrogen and oxygen atoms in total. The molecule has 186 valence electrons. The fraction of sp³-hybridized carbons (Fsp3) is 0.314. The Bertz CT molecular complexity index is 970. The Kier molecular flexibility index (Phi) is 14.8. The van der Waals surface area contributed by atoms with E-state index in [9.17, 15) is 0 Å². The standard InChI is InChI=1S/C18H20.C13H18.2C2H4/c1-15-8-12-18(13-9-15)14-16(2)10-11-17-6-4-3-5-7-17;1-10-7-8-13(9-11(10)2)12-5-3-4-6-12;2*1-2/h3-9,12-13H,2,10-11,14H2,1H3;7-9,12H,3-6H2,1-2H3;2*1-2H2. The van der Waals surface area contributed by atoms with Crippen LogP contribution in [0.4, 0.5) is 0 Å². The van der Waals surface area contributed by atoms with E-state index in [0.29, 0.717) is 0 Å². The molecule has 4 rings (SSSR count). The van der Waals surface area contributed by atoms with Crippen LogP contribution in [0.3, 0.4) is 0 Å². The van der Waals surface area contributed by atoms with Crippen molar-refractivity contribution in [2.45, 2.75) is 71.6 Å². The van der Waals surface area contributed by atoms with E-state index in [2.05, 4.69) is 126 Å². The molecular formula is C35H46. The zero-order valence-corrected chi connectivity index (χ0v) is 22.5. The smallest absolute Gasteiger partial charge is 0.00697 e. The SMILES string of the molecule is C=C.C=C.C=C(CCc1ccccc1)Cc1ccc(C)cc1.Cc1ccc(C2CCCC2)cc1C. The first kappa shape index (κ1) is 29.9. The third-order valence-electron chi connectivity index (χ3n) is 6.54. The normalized spacial score (nSPS) is 12.2. The highest BCUT2D eigenvalue weighted by molar-refractivity contribution is 5.32. The Morgan fingerprint density at radius 3 is 1.89 bits per heavy atom. The summed E-state index contributed by atoms with van der Waals surface area (Å²) in [6.07, 6.45) is 8.82. The molecule has 0 atom stereocenters. The van der Waals surface area contributed by atoms with Crippen molar-refractivity contribution < 1.29 is 0 Å². The van der Waals surface area contributed by atoms with Crippen molar-refractivity contribution in [3.8, 4) is 0 Å². The lowest BCUT2D eigenvalue weighted by atomic mass is 9.94. The van der Waals surface area contributed by atoms with Crippen LogP contribution in [0, 0.1) is 20.8 Å². The summed E-state index contributed by atoms with van der Waals surface area (Å²) in [6.45, 7) is 22.7. The Labute approximate surface area is 216 Å². The van der Waals surface area contributed by atoms with E-state index in [-0.39, 0.29) is 0 Å². The third-order valence-corrected chi connectivity index (χ3v) is 6.54. The fourth-order valence-corrected chi connectivity index (χ4v) is 4.33.